The van der Waals surface area contributed by atoms with Gasteiger partial charge in [0.1, 0.15) is 0 Å². The lowest BCUT2D eigenvalue weighted by Crippen LogP contribution is -1.90. The third-order valence-corrected chi connectivity index (χ3v) is 3.81. The Bertz CT molecular complexity index is 482. The number of hydrogen-bond acceptors (Lipinski definition) is 2. The molecular formula is C13H13Cl2NS. The van der Waals surface area contributed by atoms with Crippen LogP contribution in [-0.2, 0) is 12.8 Å². The monoisotopic (exact) mass is 285 g/mol. The Hall–Kier alpha value is -0.570. The van der Waals surface area contributed by atoms with E-state index in [2.05, 4.69) is 16.4 Å². The van der Waals surface area contributed by atoms with Crippen LogP contribution >= 0.6 is 34.5 Å². The average Bonchev–Trinajstić information content (AvgIpc) is 2.74. The van der Waals surface area contributed by atoms with Crippen molar-refractivity contribution in [3.63, 3.8) is 0 Å². The number of halogens is 2. The number of nitrogens with zero attached hydrogens (tertiary/aromatic N) is 1. The van der Waals surface area contributed by atoms with Crippen LogP contribution in [0.5, 0.6) is 0 Å². The van der Waals surface area contributed by atoms with Crippen molar-refractivity contribution in [1.29, 1.82) is 0 Å². The quantitative estimate of drug-likeness (QED) is 0.734. The van der Waals surface area contributed by atoms with Gasteiger partial charge in [0.05, 0.1) is 10.7 Å². The highest BCUT2D eigenvalue weighted by molar-refractivity contribution is 7.09. The molecule has 0 saturated carbocycles. The van der Waals surface area contributed by atoms with Crippen molar-refractivity contribution in [2.24, 2.45) is 0 Å². The molecule has 17 heavy (non-hydrogen) atoms. The van der Waals surface area contributed by atoms with Gasteiger partial charge in [-0.05, 0) is 30.5 Å². The van der Waals surface area contributed by atoms with E-state index in [1.807, 2.05) is 18.2 Å². The van der Waals surface area contributed by atoms with Gasteiger partial charge in [0.15, 0.2) is 0 Å². The van der Waals surface area contributed by atoms with Gasteiger partial charge in [0.25, 0.3) is 0 Å². The van der Waals surface area contributed by atoms with E-state index >= 15 is 0 Å². The van der Waals surface area contributed by atoms with Crippen molar-refractivity contribution in [1.82, 2.24) is 4.98 Å². The third kappa shape index (κ3) is 3.98. The summed E-state index contributed by atoms with van der Waals surface area (Å²) in [6.45, 7) is 0. The predicted molar refractivity (Wildman–Crippen MR) is 75.4 cm³/mol. The molecular weight excluding hydrogens is 273 g/mol. The standard InChI is InChI=1S/C13H13Cl2NS/c14-6-2-5-12-9-17-13(16-12)8-10-3-1-4-11(15)7-10/h1,3-4,7,9H,2,5-6,8H2. The maximum absolute atomic E-state index is 5.95. The van der Waals surface area contributed by atoms with Gasteiger partial charge in [-0.3, -0.25) is 0 Å². The molecule has 2 rings (SSSR count). The van der Waals surface area contributed by atoms with Crippen molar-refractivity contribution in [3.05, 3.63) is 50.9 Å². The Morgan fingerprint density at radius 1 is 1.29 bits per heavy atom. The van der Waals surface area contributed by atoms with Gasteiger partial charge in [-0.15, -0.1) is 22.9 Å². The van der Waals surface area contributed by atoms with Crippen LogP contribution in [0, 0.1) is 0 Å². The van der Waals surface area contributed by atoms with E-state index < -0.39 is 0 Å². The highest BCUT2D eigenvalue weighted by atomic mass is 35.5. The fourth-order valence-corrected chi connectivity index (χ4v) is 2.82. The number of thiazole rings is 1. The molecule has 0 atom stereocenters. The summed E-state index contributed by atoms with van der Waals surface area (Å²) in [5.41, 5.74) is 2.35. The lowest BCUT2D eigenvalue weighted by Gasteiger charge is -1.98. The van der Waals surface area contributed by atoms with Crippen LogP contribution in [0.1, 0.15) is 22.7 Å². The van der Waals surface area contributed by atoms with Gasteiger partial charge >= 0.3 is 0 Å². The average molecular weight is 286 g/mol. The SMILES string of the molecule is ClCCCc1csc(Cc2cccc(Cl)c2)n1. The van der Waals surface area contributed by atoms with E-state index in [4.69, 9.17) is 23.2 Å². The maximum Gasteiger partial charge on any atom is 0.0972 e. The molecule has 0 radical (unpaired) electrons. The Morgan fingerprint density at radius 3 is 2.94 bits per heavy atom. The molecule has 0 aliphatic heterocycles. The van der Waals surface area contributed by atoms with Crippen molar-refractivity contribution in [2.75, 3.05) is 5.88 Å². The molecule has 4 heteroatoms. The van der Waals surface area contributed by atoms with Crippen LogP contribution in [0.25, 0.3) is 0 Å². The molecule has 0 unspecified atom stereocenters. The largest absolute Gasteiger partial charge is 0.246 e. The number of aromatic nitrogens is 1. The number of alkyl halides is 1. The number of hydrogen-bond donors (Lipinski definition) is 0. The van der Waals surface area contributed by atoms with Gasteiger partial charge in [0, 0.05) is 22.7 Å². The summed E-state index contributed by atoms with van der Waals surface area (Å²) in [7, 11) is 0. The van der Waals surface area contributed by atoms with Crippen LogP contribution in [0.2, 0.25) is 5.02 Å². The summed E-state index contributed by atoms with van der Waals surface area (Å²) in [5, 5.41) is 4.03. The highest BCUT2D eigenvalue weighted by Gasteiger charge is 2.03. The Morgan fingerprint density at radius 2 is 2.18 bits per heavy atom. The molecule has 1 aromatic carbocycles. The van der Waals surface area contributed by atoms with Gasteiger partial charge in [-0.2, -0.15) is 0 Å². The second-order valence-electron chi connectivity index (χ2n) is 3.83. The molecule has 1 nitrogen and oxygen atoms in total. The zero-order valence-electron chi connectivity index (χ0n) is 9.33. The summed E-state index contributed by atoms with van der Waals surface area (Å²) in [4.78, 5) is 4.59. The molecule has 0 aliphatic rings. The van der Waals surface area contributed by atoms with Gasteiger partial charge in [-0.25, -0.2) is 4.98 Å². The van der Waals surface area contributed by atoms with Crippen molar-refractivity contribution in [3.8, 4) is 0 Å². The van der Waals surface area contributed by atoms with E-state index in [0.717, 1.165) is 35.0 Å². The second-order valence-corrected chi connectivity index (χ2v) is 5.59. The van der Waals surface area contributed by atoms with Crippen LogP contribution in [0.15, 0.2) is 29.6 Å². The van der Waals surface area contributed by atoms with E-state index in [0.29, 0.717) is 5.88 Å². The fourth-order valence-electron chi connectivity index (χ4n) is 1.61. The minimum absolute atomic E-state index is 0.696. The Balaban J connectivity index is 2.01. The first-order valence-corrected chi connectivity index (χ1v) is 7.31. The zero-order chi connectivity index (χ0) is 12.1. The molecule has 90 valence electrons. The number of aryl methyl sites for hydroxylation is 1. The fraction of sp³-hybridized carbons (Fsp3) is 0.308. The van der Waals surface area contributed by atoms with E-state index in [9.17, 15) is 0 Å². The van der Waals surface area contributed by atoms with Crippen LogP contribution < -0.4 is 0 Å². The molecule has 2 aromatic rings. The first-order valence-electron chi connectivity index (χ1n) is 5.51. The maximum atomic E-state index is 5.95. The highest BCUT2D eigenvalue weighted by Crippen LogP contribution is 2.18. The molecule has 0 fully saturated rings. The summed E-state index contributed by atoms with van der Waals surface area (Å²) < 4.78 is 0. The second kappa shape index (κ2) is 6.39. The van der Waals surface area contributed by atoms with Gasteiger partial charge in [0.2, 0.25) is 0 Å². The zero-order valence-corrected chi connectivity index (χ0v) is 11.7. The van der Waals surface area contributed by atoms with Crippen molar-refractivity contribution < 1.29 is 0 Å². The first kappa shape index (κ1) is 12.9. The van der Waals surface area contributed by atoms with Crippen molar-refractivity contribution >= 4 is 34.5 Å². The Kier molecular flexibility index (Phi) is 4.84. The lowest BCUT2D eigenvalue weighted by atomic mass is 10.2. The minimum atomic E-state index is 0.696. The summed E-state index contributed by atoms with van der Waals surface area (Å²) in [6.07, 6.45) is 2.81. The van der Waals surface area contributed by atoms with E-state index in [-0.39, 0.29) is 0 Å². The molecule has 0 spiro atoms. The Labute approximate surface area is 115 Å². The molecule has 0 bridgehead atoms. The normalized spacial score (nSPS) is 10.7. The molecule has 0 aliphatic carbocycles. The van der Waals surface area contributed by atoms with Gasteiger partial charge < -0.3 is 0 Å². The third-order valence-electron chi connectivity index (χ3n) is 2.41. The molecule has 1 heterocycles. The molecule has 0 amide bonds. The lowest BCUT2D eigenvalue weighted by molar-refractivity contribution is 0.889. The summed E-state index contributed by atoms with van der Waals surface area (Å²) in [6, 6.07) is 7.92. The van der Waals surface area contributed by atoms with Crippen LogP contribution in [0.4, 0.5) is 0 Å². The predicted octanol–water partition coefficient (Wildman–Crippen LogP) is 4.56. The summed E-state index contributed by atoms with van der Waals surface area (Å²) >= 11 is 13.3. The van der Waals surface area contributed by atoms with E-state index in [1.54, 1.807) is 11.3 Å². The minimum Gasteiger partial charge on any atom is -0.246 e. The molecule has 1 aromatic heterocycles. The van der Waals surface area contributed by atoms with Gasteiger partial charge in [-0.1, -0.05) is 23.7 Å². The number of benzene rings is 1. The van der Waals surface area contributed by atoms with E-state index in [1.165, 1.54) is 5.56 Å². The topological polar surface area (TPSA) is 12.9 Å². The smallest absolute Gasteiger partial charge is 0.0972 e. The van der Waals surface area contributed by atoms with Crippen LogP contribution in [0.3, 0.4) is 0 Å². The first-order chi connectivity index (χ1) is 8.28. The molecule has 0 saturated heterocycles. The molecule has 0 N–H and O–H groups in total. The van der Waals surface area contributed by atoms with Crippen molar-refractivity contribution in [2.45, 2.75) is 19.3 Å². The number of rotatable bonds is 5. The summed E-state index contributed by atoms with van der Waals surface area (Å²) in [5.74, 6) is 0.696. The van der Waals surface area contributed by atoms with Crippen LogP contribution in [-0.4, -0.2) is 10.9 Å².